The third kappa shape index (κ3) is 5.41. The Morgan fingerprint density at radius 3 is 2.43 bits per heavy atom. The number of rotatable bonds is 6. The van der Waals surface area contributed by atoms with Crippen LogP contribution >= 0.6 is 0 Å². The second-order valence-electron chi connectivity index (χ2n) is 10.3. The number of hydrogen-bond donors (Lipinski definition) is 1. The molecule has 0 bridgehead atoms. The van der Waals surface area contributed by atoms with Crippen LogP contribution in [-0.4, -0.2) is 17.4 Å². The Morgan fingerprint density at radius 1 is 1.08 bits per heavy atom. The number of amides is 1. The summed E-state index contributed by atoms with van der Waals surface area (Å²) in [6, 6.07) is 19.9. The smallest absolute Gasteiger partial charge is 0.251 e. The molecule has 5 nitrogen and oxygen atoms in total. The maximum Gasteiger partial charge on any atom is 0.251 e. The van der Waals surface area contributed by atoms with Gasteiger partial charge in [-0.1, -0.05) is 26.0 Å². The summed E-state index contributed by atoms with van der Waals surface area (Å²) >= 11 is 0. The summed E-state index contributed by atoms with van der Waals surface area (Å²) < 4.78 is 19.3. The molecule has 3 aromatic carbocycles. The Bertz CT molecular complexity index is 1440. The Hall–Kier alpha value is -3.98. The van der Waals surface area contributed by atoms with Gasteiger partial charge < -0.3 is 9.73 Å². The number of aromatic nitrogens is 1. The topological polar surface area (TPSA) is 78.9 Å². The molecule has 1 aliphatic rings. The lowest BCUT2D eigenvalue weighted by molar-refractivity contribution is 0.0943. The number of hydrogen-bond acceptors (Lipinski definition) is 4. The third-order valence-corrected chi connectivity index (χ3v) is 7.40. The summed E-state index contributed by atoms with van der Waals surface area (Å²) in [6.45, 7) is 4.77. The van der Waals surface area contributed by atoms with Crippen molar-refractivity contribution >= 4 is 17.0 Å². The van der Waals surface area contributed by atoms with Crippen molar-refractivity contribution in [1.29, 1.82) is 5.26 Å². The zero-order chi connectivity index (χ0) is 25.9. The predicted molar refractivity (Wildman–Crippen MR) is 142 cm³/mol. The number of carbonyl (C=O) groups is 1. The first-order valence-corrected chi connectivity index (χ1v) is 12.9. The van der Waals surface area contributed by atoms with Gasteiger partial charge in [-0.25, -0.2) is 9.37 Å². The number of nitrogens with one attached hydrogen (secondary N) is 1. The fraction of sp³-hybridized carbons (Fsp3) is 0.323. The van der Waals surface area contributed by atoms with Gasteiger partial charge in [-0.2, -0.15) is 5.26 Å². The van der Waals surface area contributed by atoms with E-state index in [-0.39, 0.29) is 17.6 Å². The molecule has 1 aromatic heterocycles. The number of oxazole rings is 1. The molecule has 1 fully saturated rings. The van der Waals surface area contributed by atoms with Gasteiger partial charge in [0.1, 0.15) is 11.3 Å². The summed E-state index contributed by atoms with van der Waals surface area (Å²) in [5, 5.41) is 12.4. The van der Waals surface area contributed by atoms with E-state index in [0.29, 0.717) is 46.5 Å². The summed E-state index contributed by atoms with van der Waals surface area (Å²) in [5.41, 5.74) is 5.44. The van der Waals surface area contributed by atoms with E-state index in [9.17, 15) is 14.4 Å². The highest BCUT2D eigenvalue weighted by atomic mass is 19.1. The lowest BCUT2D eigenvalue weighted by Gasteiger charge is -2.29. The molecule has 1 amide bonds. The van der Waals surface area contributed by atoms with Crippen molar-refractivity contribution < 1.29 is 13.6 Å². The van der Waals surface area contributed by atoms with Gasteiger partial charge in [-0.15, -0.1) is 0 Å². The number of nitrogens with zero attached hydrogens (tertiary/aromatic N) is 2. The van der Waals surface area contributed by atoms with Gasteiger partial charge in [0.05, 0.1) is 11.6 Å². The summed E-state index contributed by atoms with van der Waals surface area (Å²) in [7, 11) is 0. The highest BCUT2D eigenvalue weighted by Gasteiger charge is 2.23. The molecule has 1 saturated carbocycles. The summed E-state index contributed by atoms with van der Waals surface area (Å²) in [5.74, 6) is 1.29. The fourth-order valence-electron chi connectivity index (χ4n) is 5.21. The van der Waals surface area contributed by atoms with Crippen LogP contribution in [-0.2, 0) is 0 Å². The Morgan fingerprint density at radius 2 is 1.78 bits per heavy atom. The molecule has 4 aromatic rings. The van der Waals surface area contributed by atoms with Crippen LogP contribution in [0.5, 0.6) is 0 Å². The van der Waals surface area contributed by atoms with Crippen molar-refractivity contribution in [2.75, 3.05) is 6.54 Å². The largest absolute Gasteiger partial charge is 0.436 e. The van der Waals surface area contributed by atoms with Gasteiger partial charge in [0.2, 0.25) is 5.89 Å². The van der Waals surface area contributed by atoms with Crippen LogP contribution < -0.4 is 5.32 Å². The number of benzene rings is 3. The Labute approximate surface area is 216 Å². The fourth-order valence-corrected chi connectivity index (χ4v) is 5.21. The molecule has 37 heavy (non-hydrogen) atoms. The van der Waals surface area contributed by atoms with Gasteiger partial charge in [-0.05, 0) is 97.5 Å². The molecule has 0 spiro atoms. The summed E-state index contributed by atoms with van der Waals surface area (Å²) in [4.78, 5) is 17.4. The van der Waals surface area contributed by atoms with Crippen LogP contribution in [0.4, 0.5) is 4.39 Å². The van der Waals surface area contributed by atoms with Crippen LogP contribution in [0.25, 0.3) is 22.6 Å². The quantitative estimate of drug-likeness (QED) is 0.304. The van der Waals surface area contributed by atoms with E-state index in [2.05, 4.69) is 30.2 Å². The van der Waals surface area contributed by atoms with Crippen LogP contribution in [0, 0.1) is 23.1 Å². The molecular weight excluding hydrogens is 465 g/mol. The van der Waals surface area contributed by atoms with Crippen LogP contribution in [0.2, 0.25) is 0 Å². The van der Waals surface area contributed by atoms with Crippen LogP contribution in [0.3, 0.4) is 0 Å². The molecule has 0 unspecified atom stereocenters. The van der Waals surface area contributed by atoms with E-state index >= 15 is 0 Å². The Kier molecular flexibility index (Phi) is 7.05. The Balaban J connectivity index is 1.19. The van der Waals surface area contributed by atoms with E-state index < -0.39 is 0 Å². The van der Waals surface area contributed by atoms with E-state index in [1.54, 1.807) is 18.2 Å². The second kappa shape index (κ2) is 10.6. The molecule has 6 heteroatoms. The zero-order valence-electron chi connectivity index (χ0n) is 21.1. The minimum atomic E-state index is -0.198. The van der Waals surface area contributed by atoms with Gasteiger partial charge in [0.15, 0.2) is 5.58 Å². The maximum atomic E-state index is 13.2. The lowest BCUT2D eigenvalue weighted by Crippen LogP contribution is -2.31. The minimum Gasteiger partial charge on any atom is -0.436 e. The third-order valence-electron chi connectivity index (χ3n) is 7.40. The average Bonchev–Trinajstić information content (AvgIpc) is 3.36. The highest BCUT2D eigenvalue weighted by Crippen LogP contribution is 2.36. The molecule has 0 saturated heterocycles. The average molecular weight is 496 g/mol. The SMILES string of the molecule is CC(C)c1cc(C#N)cc2nc(-c3ccc(C(=O)NC[C@H]4CC[C@H](c5ccc(F)cc5)CC4)cc3)oc12. The highest BCUT2D eigenvalue weighted by molar-refractivity contribution is 5.94. The predicted octanol–water partition coefficient (Wildman–Crippen LogP) is 7.33. The number of carbonyl (C=O) groups excluding carboxylic acids is 1. The molecule has 5 rings (SSSR count). The summed E-state index contributed by atoms with van der Waals surface area (Å²) in [6.07, 6.45) is 4.20. The first-order valence-electron chi connectivity index (χ1n) is 12.9. The van der Waals surface area contributed by atoms with Crippen molar-refractivity contribution in [3.8, 4) is 17.5 Å². The molecule has 1 N–H and O–H groups in total. The van der Waals surface area contributed by atoms with Crippen molar-refractivity contribution in [3.05, 3.63) is 88.7 Å². The normalized spacial score (nSPS) is 17.6. The van der Waals surface area contributed by atoms with Crippen LogP contribution in [0.1, 0.15) is 78.4 Å². The van der Waals surface area contributed by atoms with Crippen LogP contribution in [0.15, 0.2) is 65.1 Å². The molecule has 0 atom stereocenters. The maximum absolute atomic E-state index is 13.2. The molecule has 1 aliphatic carbocycles. The molecule has 0 aliphatic heterocycles. The molecule has 1 heterocycles. The van der Waals surface area contributed by atoms with E-state index in [1.807, 2.05) is 30.3 Å². The van der Waals surface area contributed by atoms with Gasteiger partial charge in [-0.3, -0.25) is 4.79 Å². The number of halogens is 1. The van der Waals surface area contributed by atoms with Crippen molar-refractivity contribution in [2.24, 2.45) is 5.92 Å². The standard InChI is InChI=1S/C31H30FN3O2/c1-19(2)27-15-21(17-33)16-28-29(27)37-31(35-28)25-9-7-24(8-10-25)30(36)34-18-20-3-5-22(6-4-20)23-11-13-26(32)14-12-23/h7-16,19-20,22H,3-6,18H2,1-2H3,(H,34,36)/t20-,22-. The minimum absolute atomic E-state index is 0.0921. The van der Waals surface area contributed by atoms with E-state index in [4.69, 9.17) is 4.42 Å². The van der Waals surface area contributed by atoms with E-state index in [1.165, 1.54) is 17.7 Å². The zero-order valence-corrected chi connectivity index (χ0v) is 21.1. The first kappa shape index (κ1) is 24.7. The van der Waals surface area contributed by atoms with Gasteiger partial charge >= 0.3 is 0 Å². The number of fused-ring (bicyclic) bond motifs is 1. The van der Waals surface area contributed by atoms with Crippen molar-refractivity contribution in [3.63, 3.8) is 0 Å². The first-order chi connectivity index (χ1) is 17.9. The van der Waals surface area contributed by atoms with Crippen molar-refractivity contribution in [1.82, 2.24) is 10.3 Å². The molecule has 188 valence electrons. The second-order valence-corrected chi connectivity index (χ2v) is 10.3. The number of nitriles is 1. The van der Waals surface area contributed by atoms with E-state index in [0.717, 1.165) is 36.8 Å². The van der Waals surface area contributed by atoms with Gasteiger partial charge in [0.25, 0.3) is 5.91 Å². The molecular formula is C31H30FN3O2. The van der Waals surface area contributed by atoms with Gasteiger partial charge in [0, 0.05) is 23.2 Å². The lowest BCUT2D eigenvalue weighted by atomic mass is 9.78. The molecule has 0 radical (unpaired) electrons. The van der Waals surface area contributed by atoms with Crippen molar-refractivity contribution in [2.45, 2.75) is 51.4 Å². The monoisotopic (exact) mass is 495 g/mol.